The molecule has 0 amide bonds. The lowest BCUT2D eigenvalue weighted by Gasteiger charge is -2.02. The van der Waals surface area contributed by atoms with E-state index in [0.29, 0.717) is 18.8 Å². The van der Waals surface area contributed by atoms with E-state index in [0.717, 1.165) is 29.6 Å². The van der Waals surface area contributed by atoms with E-state index in [1.165, 1.54) is 0 Å². The summed E-state index contributed by atoms with van der Waals surface area (Å²) in [6.45, 7) is 4.75. The Morgan fingerprint density at radius 3 is 2.78 bits per heavy atom. The van der Waals surface area contributed by atoms with Crippen molar-refractivity contribution in [1.82, 2.24) is 0 Å². The molecule has 0 spiro atoms. The van der Waals surface area contributed by atoms with Gasteiger partial charge in [0.25, 0.3) is 0 Å². The second-order valence-electron chi connectivity index (χ2n) is 4.33. The van der Waals surface area contributed by atoms with Gasteiger partial charge in [-0.15, -0.1) is 0 Å². The topological polar surface area (TPSA) is 39.4 Å². The predicted octanol–water partition coefficient (Wildman–Crippen LogP) is 4.20. The van der Waals surface area contributed by atoms with Crippen LogP contribution in [0, 0.1) is 0 Å². The van der Waals surface area contributed by atoms with Gasteiger partial charge in [0.2, 0.25) is 0 Å². The first kappa shape index (κ1) is 12.7. The summed E-state index contributed by atoms with van der Waals surface area (Å²) in [5.41, 5.74) is 0.735. The monoisotopic (exact) mass is 246 g/mol. The Hall–Kier alpha value is -1.77. The van der Waals surface area contributed by atoms with Crippen LogP contribution in [0.2, 0.25) is 0 Å². The van der Waals surface area contributed by atoms with Crippen molar-refractivity contribution in [2.75, 3.05) is 6.61 Å². The van der Waals surface area contributed by atoms with Crippen molar-refractivity contribution >= 4 is 16.8 Å². The van der Waals surface area contributed by atoms with Crippen LogP contribution in [-0.2, 0) is 0 Å². The Bertz CT molecular complexity index is 540. The highest BCUT2D eigenvalue weighted by atomic mass is 16.5. The number of carbonyl (C=O) groups is 1. The van der Waals surface area contributed by atoms with Crippen LogP contribution >= 0.6 is 0 Å². The number of ketones is 1. The third-order valence-electron chi connectivity index (χ3n) is 2.71. The van der Waals surface area contributed by atoms with Gasteiger partial charge in [0, 0.05) is 11.8 Å². The van der Waals surface area contributed by atoms with Crippen LogP contribution in [-0.4, -0.2) is 12.4 Å². The maximum Gasteiger partial charge on any atom is 0.198 e. The number of rotatable bonds is 6. The van der Waals surface area contributed by atoms with Crippen molar-refractivity contribution in [3.8, 4) is 5.75 Å². The zero-order chi connectivity index (χ0) is 13.0. The van der Waals surface area contributed by atoms with E-state index in [1.807, 2.05) is 25.1 Å². The number of hydrogen-bond acceptors (Lipinski definition) is 3. The Kier molecular flexibility index (Phi) is 4.03. The fourth-order valence-electron chi connectivity index (χ4n) is 1.82. The average molecular weight is 246 g/mol. The molecule has 0 atom stereocenters. The minimum absolute atomic E-state index is 0.0599. The molecular weight excluding hydrogens is 228 g/mol. The molecule has 3 nitrogen and oxygen atoms in total. The van der Waals surface area contributed by atoms with Crippen LogP contribution in [0.4, 0.5) is 0 Å². The summed E-state index contributed by atoms with van der Waals surface area (Å²) < 4.78 is 11.1. The number of hydrogen-bond donors (Lipinski definition) is 0. The molecule has 2 aromatic rings. The molecule has 0 aliphatic carbocycles. The molecule has 0 saturated heterocycles. The maximum atomic E-state index is 11.7. The highest BCUT2D eigenvalue weighted by Crippen LogP contribution is 2.25. The lowest BCUT2D eigenvalue weighted by Crippen LogP contribution is -1.94. The summed E-state index contributed by atoms with van der Waals surface area (Å²) in [5, 5.41) is 0.919. The van der Waals surface area contributed by atoms with Gasteiger partial charge in [-0.1, -0.05) is 13.8 Å². The molecule has 0 aliphatic heterocycles. The van der Waals surface area contributed by atoms with Gasteiger partial charge in [-0.2, -0.15) is 0 Å². The Labute approximate surface area is 107 Å². The molecule has 3 heteroatoms. The van der Waals surface area contributed by atoms with Crippen molar-refractivity contribution < 1.29 is 13.9 Å². The van der Waals surface area contributed by atoms with E-state index in [1.54, 1.807) is 6.07 Å². The molecule has 0 aliphatic rings. The standard InChI is InChI=1S/C15H18O3/c1-3-5-13(16)15-10-11-9-12(17-8-4-2)6-7-14(11)18-15/h6-7,9-10H,3-5,8H2,1-2H3. The zero-order valence-electron chi connectivity index (χ0n) is 10.9. The second kappa shape index (κ2) is 5.71. The lowest BCUT2D eigenvalue weighted by molar-refractivity contribution is 0.0957. The van der Waals surface area contributed by atoms with Crippen molar-refractivity contribution in [2.45, 2.75) is 33.1 Å². The van der Waals surface area contributed by atoms with Gasteiger partial charge >= 0.3 is 0 Å². The van der Waals surface area contributed by atoms with E-state index < -0.39 is 0 Å². The third-order valence-corrected chi connectivity index (χ3v) is 2.71. The minimum Gasteiger partial charge on any atom is -0.494 e. The van der Waals surface area contributed by atoms with Gasteiger partial charge in [0.1, 0.15) is 11.3 Å². The number of benzene rings is 1. The number of fused-ring (bicyclic) bond motifs is 1. The van der Waals surface area contributed by atoms with Crippen molar-refractivity contribution in [3.05, 3.63) is 30.0 Å². The summed E-state index contributed by atoms with van der Waals surface area (Å²) in [6, 6.07) is 7.43. The quantitative estimate of drug-likeness (QED) is 0.717. The van der Waals surface area contributed by atoms with Gasteiger partial charge in [0.05, 0.1) is 6.61 Å². The number of ether oxygens (including phenoxy) is 1. The molecular formula is C15H18O3. The van der Waals surface area contributed by atoms with E-state index in [9.17, 15) is 4.79 Å². The second-order valence-corrected chi connectivity index (χ2v) is 4.33. The minimum atomic E-state index is 0.0599. The maximum absolute atomic E-state index is 11.7. The SMILES string of the molecule is CCCOc1ccc2oc(C(=O)CCC)cc2c1. The molecule has 0 radical (unpaired) electrons. The van der Waals surface area contributed by atoms with Gasteiger partial charge in [-0.3, -0.25) is 4.79 Å². The molecule has 18 heavy (non-hydrogen) atoms. The molecule has 0 N–H and O–H groups in total. The molecule has 1 heterocycles. The van der Waals surface area contributed by atoms with Gasteiger partial charge in [-0.25, -0.2) is 0 Å². The fraction of sp³-hybridized carbons (Fsp3) is 0.400. The van der Waals surface area contributed by atoms with Crippen LogP contribution in [0.3, 0.4) is 0 Å². The summed E-state index contributed by atoms with van der Waals surface area (Å²) in [7, 11) is 0. The van der Waals surface area contributed by atoms with Gasteiger partial charge in [-0.05, 0) is 37.1 Å². The first-order valence-electron chi connectivity index (χ1n) is 6.44. The zero-order valence-corrected chi connectivity index (χ0v) is 10.9. The molecule has 0 fully saturated rings. The lowest BCUT2D eigenvalue weighted by atomic mass is 10.2. The highest BCUT2D eigenvalue weighted by molar-refractivity contribution is 5.97. The average Bonchev–Trinajstić information content (AvgIpc) is 2.79. The van der Waals surface area contributed by atoms with E-state index >= 15 is 0 Å². The van der Waals surface area contributed by atoms with Crippen LogP contribution in [0.1, 0.15) is 43.7 Å². The molecule has 1 aromatic heterocycles. The van der Waals surface area contributed by atoms with Crippen molar-refractivity contribution in [3.63, 3.8) is 0 Å². The smallest absolute Gasteiger partial charge is 0.198 e. The van der Waals surface area contributed by atoms with Crippen LogP contribution in [0.15, 0.2) is 28.7 Å². The first-order valence-corrected chi connectivity index (χ1v) is 6.44. The number of Topliss-reactive ketones (excluding diaryl/α,β-unsaturated/α-hetero) is 1. The first-order chi connectivity index (χ1) is 8.74. The van der Waals surface area contributed by atoms with Crippen LogP contribution in [0.25, 0.3) is 11.0 Å². The summed E-state index contributed by atoms with van der Waals surface area (Å²) in [5.74, 6) is 1.32. The molecule has 0 unspecified atom stereocenters. The predicted molar refractivity (Wildman–Crippen MR) is 71.2 cm³/mol. The van der Waals surface area contributed by atoms with E-state index in [-0.39, 0.29) is 5.78 Å². The Morgan fingerprint density at radius 1 is 1.22 bits per heavy atom. The van der Waals surface area contributed by atoms with Crippen LogP contribution in [0.5, 0.6) is 5.75 Å². The Morgan fingerprint density at radius 2 is 2.06 bits per heavy atom. The number of carbonyl (C=O) groups excluding carboxylic acids is 1. The molecule has 1 aromatic carbocycles. The normalized spacial score (nSPS) is 10.8. The van der Waals surface area contributed by atoms with Gasteiger partial charge in [0.15, 0.2) is 11.5 Å². The van der Waals surface area contributed by atoms with E-state index in [2.05, 4.69) is 6.92 Å². The summed E-state index contributed by atoms with van der Waals surface area (Å²) >= 11 is 0. The van der Waals surface area contributed by atoms with Crippen molar-refractivity contribution in [2.24, 2.45) is 0 Å². The molecule has 2 rings (SSSR count). The Balaban J connectivity index is 2.25. The largest absolute Gasteiger partial charge is 0.494 e. The molecule has 96 valence electrons. The molecule has 0 saturated carbocycles. The summed E-state index contributed by atoms with van der Waals surface area (Å²) in [4.78, 5) is 11.7. The van der Waals surface area contributed by atoms with Crippen molar-refractivity contribution in [1.29, 1.82) is 0 Å². The highest BCUT2D eigenvalue weighted by Gasteiger charge is 2.11. The fourth-order valence-corrected chi connectivity index (χ4v) is 1.82. The van der Waals surface area contributed by atoms with Crippen LogP contribution < -0.4 is 4.74 Å². The third kappa shape index (κ3) is 2.73. The number of furan rings is 1. The summed E-state index contributed by atoms with van der Waals surface area (Å²) in [6.07, 6.45) is 2.34. The molecule has 0 bridgehead atoms. The van der Waals surface area contributed by atoms with Gasteiger partial charge < -0.3 is 9.15 Å². The van der Waals surface area contributed by atoms with E-state index in [4.69, 9.17) is 9.15 Å².